The van der Waals surface area contributed by atoms with Crippen molar-refractivity contribution in [1.29, 1.82) is 0 Å². The highest BCUT2D eigenvalue weighted by atomic mass is 16.7. The third-order valence-corrected chi connectivity index (χ3v) is 2.43. The van der Waals surface area contributed by atoms with E-state index >= 15 is 0 Å². The van der Waals surface area contributed by atoms with E-state index < -0.39 is 5.63 Å². The Kier molecular flexibility index (Phi) is 1.80. The molecule has 0 saturated heterocycles. The lowest BCUT2D eigenvalue weighted by Gasteiger charge is -2.06. The van der Waals surface area contributed by atoms with Crippen molar-refractivity contribution in [3.05, 3.63) is 28.6 Å². The zero-order valence-corrected chi connectivity index (χ0v) is 8.48. The van der Waals surface area contributed by atoms with Crippen molar-refractivity contribution in [3.8, 4) is 17.2 Å². The number of hydrogen-bond acceptors (Lipinski definition) is 5. The summed E-state index contributed by atoms with van der Waals surface area (Å²) >= 11 is 0. The third kappa shape index (κ3) is 1.14. The molecule has 0 aliphatic carbocycles. The smallest absolute Gasteiger partial charge is 0.336 e. The molecule has 5 nitrogen and oxygen atoms in total. The maximum absolute atomic E-state index is 11.2. The molecule has 5 heteroatoms. The summed E-state index contributed by atoms with van der Waals surface area (Å²) in [6.07, 6.45) is 0. The first-order valence-electron chi connectivity index (χ1n) is 4.70. The minimum atomic E-state index is -0.432. The molecule has 3 rings (SSSR count). The Balaban J connectivity index is 2.46. The lowest BCUT2D eigenvalue weighted by molar-refractivity contribution is 0.173. The van der Waals surface area contributed by atoms with Crippen LogP contribution < -0.4 is 19.8 Å². The minimum absolute atomic E-state index is 0.121. The first-order valence-corrected chi connectivity index (χ1v) is 4.70. The van der Waals surface area contributed by atoms with Gasteiger partial charge in [-0.2, -0.15) is 0 Å². The van der Waals surface area contributed by atoms with E-state index in [-0.39, 0.29) is 6.79 Å². The van der Waals surface area contributed by atoms with Gasteiger partial charge in [-0.15, -0.1) is 0 Å². The molecule has 2 heterocycles. The van der Waals surface area contributed by atoms with Crippen molar-refractivity contribution in [2.45, 2.75) is 0 Å². The molecule has 1 aliphatic rings. The van der Waals surface area contributed by atoms with Gasteiger partial charge in [0, 0.05) is 12.1 Å². The highest BCUT2D eigenvalue weighted by Crippen LogP contribution is 2.43. The van der Waals surface area contributed by atoms with Gasteiger partial charge in [0.2, 0.25) is 12.5 Å². The van der Waals surface area contributed by atoms with Gasteiger partial charge in [-0.25, -0.2) is 4.79 Å². The molecule has 0 amide bonds. The van der Waals surface area contributed by atoms with Crippen molar-refractivity contribution < 1.29 is 18.6 Å². The van der Waals surface area contributed by atoms with Gasteiger partial charge >= 0.3 is 5.63 Å². The van der Waals surface area contributed by atoms with Crippen molar-refractivity contribution in [3.63, 3.8) is 0 Å². The first kappa shape index (κ1) is 9.08. The van der Waals surface area contributed by atoms with Gasteiger partial charge in [-0.3, -0.25) is 0 Å². The average Bonchev–Trinajstić information content (AvgIpc) is 2.75. The Morgan fingerprint density at radius 2 is 2.19 bits per heavy atom. The van der Waals surface area contributed by atoms with Crippen LogP contribution in [0.5, 0.6) is 17.2 Å². The molecule has 0 fully saturated rings. The monoisotopic (exact) mass is 220 g/mol. The Labute approximate surface area is 90.1 Å². The highest BCUT2D eigenvalue weighted by Gasteiger charge is 2.22. The van der Waals surface area contributed by atoms with Crippen LogP contribution in [0.3, 0.4) is 0 Å². The maximum atomic E-state index is 11.2. The number of benzene rings is 1. The molecule has 1 aromatic heterocycles. The second-order valence-corrected chi connectivity index (χ2v) is 3.31. The molecular weight excluding hydrogens is 212 g/mol. The van der Waals surface area contributed by atoms with Crippen LogP contribution in [0.25, 0.3) is 11.0 Å². The molecule has 0 bridgehead atoms. The predicted molar refractivity (Wildman–Crippen MR) is 55.2 cm³/mol. The molecular formula is C11H8O5. The summed E-state index contributed by atoms with van der Waals surface area (Å²) in [4.78, 5) is 11.2. The van der Waals surface area contributed by atoms with E-state index in [1.807, 2.05) is 0 Å². The molecule has 16 heavy (non-hydrogen) atoms. The molecule has 0 N–H and O–H groups in total. The van der Waals surface area contributed by atoms with Crippen LogP contribution in [-0.2, 0) is 0 Å². The van der Waals surface area contributed by atoms with Crippen molar-refractivity contribution in [2.24, 2.45) is 0 Å². The van der Waals surface area contributed by atoms with E-state index in [1.165, 1.54) is 6.07 Å². The molecule has 0 unspecified atom stereocenters. The summed E-state index contributed by atoms with van der Waals surface area (Å²) in [5, 5.41) is 0.686. The van der Waals surface area contributed by atoms with Gasteiger partial charge in [-0.05, 0) is 6.07 Å². The summed E-state index contributed by atoms with van der Waals surface area (Å²) in [6.45, 7) is 0.121. The van der Waals surface area contributed by atoms with Crippen LogP contribution in [0.15, 0.2) is 27.4 Å². The zero-order valence-electron chi connectivity index (χ0n) is 8.48. The normalized spacial score (nSPS) is 13.1. The summed E-state index contributed by atoms with van der Waals surface area (Å²) in [6, 6.07) is 4.69. The molecule has 0 radical (unpaired) electrons. The van der Waals surface area contributed by atoms with Crippen molar-refractivity contribution in [1.82, 2.24) is 0 Å². The fourth-order valence-electron chi connectivity index (χ4n) is 1.72. The van der Waals surface area contributed by atoms with Crippen LogP contribution in [-0.4, -0.2) is 13.9 Å². The van der Waals surface area contributed by atoms with E-state index in [1.54, 1.807) is 19.2 Å². The van der Waals surface area contributed by atoms with Gasteiger partial charge in [0.1, 0.15) is 5.75 Å². The minimum Gasteiger partial charge on any atom is -0.496 e. The molecule has 0 atom stereocenters. The maximum Gasteiger partial charge on any atom is 0.336 e. The lowest BCUT2D eigenvalue weighted by atomic mass is 10.2. The van der Waals surface area contributed by atoms with Crippen molar-refractivity contribution >= 4 is 11.0 Å². The second-order valence-electron chi connectivity index (χ2n) is 3.31. The van der Waals surface area contributed by atoms with E-state index in [2.05, 4.69) is 0 Å². The van der Waals surface area contributed by atoms with Crippen LogP contribution in [0.4, 0.5) is 0 Å². The van der Waals surface area contributed by atoms with Gasteiger partial charge in [0.25, 0.3) is 0 Å². The zero-order chi connectivity index (χ0) is 11.1. The quantitative estimate of drug-likeness (QED) is 0.682. The van der Waals surface area contributed by atoms with Gasteiger partial charge < -0.3 is 18.6 Å². The molecule has 1 aromatic carbocycles. The Hall–Kier alpha value is -2.17. The first-order chi connectivity index (χ1) is 7.79. The van der Waals surface area contributed by atoms with Crippen LogP contribution in [0.1, 0.15) is 0 Å². The van der Waals surface area contributed by atoms with Crippen molar-refractivity contribution in [2.75, 3.05) is 13.9 Å². The fraction of sp³-hybridized carbons (Fsp3) is 0.182. The average molecular weight is 220 g/mol. The fourth-order valence-corrected chi connectivity index (χ4v) is 1.72. The summed E-state index contributed by atoms with van der Waals surface area (Å²) in [5.74, 6) is 1.57. The molecule has 0 saturated carbocycles. The SMILES string of the molecule is COc1cc2c(c3oc(=O)ccc13)OCO2. The van der Waals surface area contributed by atoms with E-state index in [4.69, 9.17) is 18.6 Å². The van der Waals surface area contributed by atoms with Crippen LogP contribution >= 0.6 is 0 Å². The van der Waals surface area contributed by atoms with Crippen LogP contribution in [0.2, 0.25) is 0 Å². The Bertz CT molecular complexity index is 614. The third-order valence-electron chi connectivity index (χ3n) is 2.43. The van der Waals surface area contributed by atoms with E-state index in [0.29, 0.717) is 28.2 Å². The number of methoxy groups -OCH3 is 1. The highest BCUT2D eigenvalue weighted by molar-refractivity contribution is 5.91. The lowest BCUT2D eigenvalue weighted by Crippen LogP contribution is -1.97. The Morgan fingerprint density at radius 3 is 3.00 bits per heavy atom. The van der Waals surface area contributed by atoms with Gasteiger partial charge in [0.15, 0.2) is 11.3 Å². The van der Waals surface area contributed by atoms with Gasteiger partial charge in [0.05, 0.1) is 12.5 Å². The number of hydrogen-bond donors (Lipinski definition) is 0. The number of ether oxygens (including phenoxy) is 3. The molecule has 1 aliphatic heterocycles. The summed E-state index contributed by atoms with van der Waals surface area (Å²) in [5.41, 5.74) is -0.0715. The van der Waals surface area contributed by atoms with E-state index in [0.717, 1.165) is 0 Å². The number of rotatable bonds is 1. The topological polar surface area (TPSA) is 57.9 Å². The molecule has 0 spiro atoms. The molecule has 2 aromatic rings. The predicted octanol–water partition coefficient (Wildman–Crippen LogP) is 1.53. The summed E-state index contributed by atoms with van der Waals surface area (Å²) < 4.78 is 20.8. The van der Waals surface area contributed by atoms with E-state index in [9.17, 15) is 4.79 Å². The Morgan fingerprint density at radius 1 is 1.31 bits per heavy atom. The summed E-state index contributed by atoms with van der Waals surface area (Å²) in [7, 11) is 1.54. The van der Waals surface area contributed by atoms with Crippen LogP contribution in [0, 0.1) is 0 Å². The molecule has 82 valence electrons. The standard InChI is InChI=1S/C11H8O5/c1-13-7-4-8-11(15-5-14-8)10-6(7)2-3-9(12)16-10/h2-4H,5H2,1H3. The van der Waals surface area contributed by atoms with Gasteiger partial charge in [-0.1, -0.05) is 0 Å². The largest absolute Gasteiger partial charge is 0.496 e. The number of fused-ring (bicyclic) bond motifs is 3. The second kappa shape index (κ2) is 3.16.